The van der Waals surface area contributed by atoms with Crippen LogP contribution in [0.15, 0.2) is 0 Å². The summed E-state index contributed by atoms with van der Waals surface area (Å²) < 4.78 is 0. The zero-order chi connectivity index (χ0) is 9.35. The molecule has 12 heavy (non-hydrogen) atoms. The Balaban J connectivity index is 2.80. The van der Waals surface area contributed by atoms with Crippen LogP contribution in [0.4, 0.5) is 0 Å². The van der Waals surface area contributed by atoms with Crippen LogP contribution in [-0.4, -0.2) is 24.4 Å². The molecular weight excluding hydrogens is 152 g/mol. The van der Waals surface area contributed by atoms with Crippen molar-refractivity contribution in [2.45, 2.75) is 20.3 Å². The summed E-state index contributed by atoms with van der Waals surface area (Å²) in [5, 5.41) is 8.84. The standard InChI is InChI=1S/C9H14N2O/c1-9(2,6-10)7-4-5-11(3)8(7)12/h7H,4-5H2,1-3H3. The third-order valence-corrected chi connectivity index (χ3v) is 2.59. The van der Waals surface area contributed by atoms with Gasteiger partial charge in [-0.3, -0.25) is 4.79 Å². The fourth-order valence-electron chi connectivity index (χ4n) is 1.57. The molecule has 1 unspecified atom stereocenters. The third kappa shape index (κ3) is 1.29. The molecule has 3 heteroatoms. The van der Waals surface area contributed by atoms with E-state index in [-0.39, 0.29) is 11.8 Å². The van der Waals surface area contributed by atoms with E-state index in [1.54, 1.807) is 11.9 Å². The predicted octanol–water partition coefficient (Wildman–Crippen LogP) is 1.01. The van der Waals surface area contributed by atoms with Crippen molar-refractivity contribution < 1.29 is 4.79 Å². The number of likely N-dealkylation sites (tertiary alicyclic amines) is 1. The maximum atomic E-state index is 11.5. The van der Waals surface area contributed by atoms with Gasteiger partial charge in [0.25, 0.3) is 0 Å². The van der Waals surface area contributed by atoms with E-state index in [1.165, 1.54) is 0 Å². The molecule has 1 fully saturated rings. The monoisotopic (exact) mass is 166 g/mol. The Morgan fingerprint density at radius 3 is 2.58 bits per heavy atom. The molecule has 0 aliphatic carbocycles. The lowest BCUT2D eigenvalue weighted by molar-refractivity contribution is -0.131. The normalized spacial score (nSPS) is 24.3. The lowest BCUT2D eigenvalue weighted by Gasteiger charge is -2.21. The number of nitrogens with zero attached hydrogens (tertiary/aromatic N) is 2. The van der Waals surface area contributed by atoms with E-state index >= 15 is 0 Å². The van der Waals surface area contributed by atoms with Gasteiger partial charge in [-0.15, -0.1) is 0 Å². The van der Waals surface area contributed by atoms with Crippen molar-refractivity contribution in [1.29, 1.82) is 5.26 Å². The Hall–Kier alpha value is -1.04. The van der Waals surface area contributed by atoms with Gasteiger partial charge in [-0.1, -0.05) is 0 Å². The van der Waals surface area contributed by atoms with Gasteiger partial charge < -0.3 is 4.90 Å². The van der Waals surface area contributed by atoms with Crippen LogP contribution < -0.4 is 0 Å². The second kappa shape index (κ2) is 2.78. The SMILES string of the molecule is CN1CCC(C(C)(C)C#N)C1=O. The van der Waals surface area contributed by atoms with Gasteiger partial charge in [0.05, 0.1) is 17.4 Å². The summed E-state index contributed by atoms with van der Waals surface area (Å²) in [5.74, 6) is 0.00838. The van der Waals surface area contributed by atoms with Crippen LogP contribution in [0.2, 0.25) is 0 Å². The van der Waals surface area contributed by atoms with Crippen molar-refractivity contribution in [1.82, 2.24) is 4.90 Å². The van der Waals surface area contributed by atoms with E-state index in [1.807, 2.05) is 13.8 Å². The van der Waals surface area contributed by atoms with Gasteiger partial charge in [0, 0.05) is 13.6 Å². The summed E-state index contributed by atoms with van der Waals surface area (Å²) in [6.07, 6.45) is 0.815. The first-order chi connectivity index (χ1) is 5.49. The van der Waals surface area contributed by atoms with Gasteiger partial charge in [-0.05, 0) is 20.3 Å². The largest absolute Gasteiger partial charge is 0.345 e. The van der Waals surface area contributed by atoms with Crippen molar-refractivity contribution in [2.75, 3.05) is 13.6 Å². The first kappa shape index (κ1) is 9.05. The van der Waals surface area contributed by atoms with Crippen LogP contribution in [0.3, 0.4) is 0 Å². The smallest absolute Gasteiger partial charge is 0.227 e. The molecular formula is C9H14N2O. The Bertz CT molecular complexity index is 239. The number of nitriles is 1. The lowest BCUT2D eigenvalue weighted by atomic mass is 9.79. The van der Waals surface area contributed by atoms with Crippen molar-refractivity contribution in [3.63, 3.8) is 0 Å². The van der Waals surface area contributed by atoms with E-state index in [0.717, 1.165) is 13.0 Å². The molecule has 0 N–H and O–H groups in total. The van der Waals surface area contributed by atoms with Crippen LogP contribution in [0.25, 0.3) is 0 Å². The van der Waals surface area contributed by atoms with Crippen LogP contribution in [0.1, 0.15) is 20.3 Å². The molecule has 1 atom stereocenters. The van der Waals surface area contributed by atoms with E-state index in [0.29, 0.717) is 0 Å². The first-order valence-corrected chi connectivity index (χ1v) is 4.15. The Morgan fingerprint density at radius 2 is 2.25 bits per heavy atom. The summed E-state index contributed by atoms with van der Waals surface area (Å²) in [5.41, 5.74) is -0.512. The van der Waals surface area contributed by atoms with Crippen LogP contribution in [0.5, 0.6) is 0 Å². The molecule has 3 nitrogen and oxygen atoms in total. The minimum atomic E-state index is -0.512. The minimum Gasteiger partial charge on any atom is -0.345 e. The summed E-state index contributed by atoms with van der Waals surface area (Å²) in [6, 6.07) is 2.19. The zero-order valence-corrected chi connectivity index (χ0v) is 7.79. The highest BCUT2D eigenvalue weighted by Gasteiger charge is 2.40. The van der Waals surface area contributed by atoms with E-state index in [9.17, 15) is 4.79 Å². The van der Waals surface area contributed by atoms with Gasteiger partial charge in [0.15, 0.2) is 0 Å². The molecule has 1 rings (SSSR count). The highest BCUT2D eigenvalue weighted by molar-refractivity contribution is 5.81. The number of hydrogen-bond donors (Lipinski definition) is 0. The predicted molar refractivity (Wildman–Crippen MR) is 45.1 cm³/mol. The topological polar surface area (TPSA) is 44.1 Å². The number of carbonyl (C=O) groups is 1. The first-order valence-electron chi connectivity index (χ1n) is 4.15. The summed E-state index contributed by atoms with van der Waals surface area (Å²) >= 11 is 0. The minimum absolute atomic E-state index is 0.104. The van der Waals surface area contributed by atoms with E-state index in [2.05, 4.69) is 6.07 Å². The third-order valence-electron chi connectivity index (χ3n) is 2.59. The highest BCUT2D eigenvalue weighted by atomic mass is 16.2. The number of amides is 1. The van der Waals surface area contributed by atoms with Crippen LogP contribution >= 0.6 is 0 Å². The van der Waals surface area contributed by atoms with Gasteiger partial charge in [0.1, 0.15) is 0 Å². The Kier molecular flexibility index (Phi) is 2.10. The fourth-order valence-corrected chi connectivity index (χ4v) is 1.57. The van der Waals surface area contributed by atoms with Gasteiger partial charge >= 0.3 is 0 Å². The molecule has 1 amide bonds. The second-order valence-electron chi connectivity index (χ2n) is 3.93. The van der Waals surface area contributed by atoms with E-state index in [4.69, 9.17) is 5.26 Å². The number of carbonyl (C=O) groups excluding carboxylic acids is 1. The average Bonchev–Trinajstić information content (AvgIpc) is 2.33. The fraction of sp³-hybridized carbons (Fsp3) is 0.778. The van der Waals surface area contributed by atoms with Crippen molar-refractivity contribution in [3.8, 4) is 6.07 Å². The number of hydrogen-bond acceptors (Lipinski definition) is 2. The molecule has 66 valence electrons. The van der Waals surface area contributed by atoms with Crippen molar-refractivity contribution in [3.05, 3.63) is 0 Å². The van der Waals surface area contributed by atoms with Gasteiger partial charge in [0.2, 0.25) is 5.91 Å². The molecule has 0 radical (unpaired) electrons. The second-order valence-corrected chi connectivity index (χ2v) is 3.93. The molecule has 1 aliphatic heterocycles. The van der Waals surface area contributed by atoms with E-state index < -0.39 is 5.41 Å². The molecule has 0 saturated carbocycles. The molecule has 0 bridgehead atoms. The maximum Gasteiger partial charge on any atom is 0.227 e. The number of rotatable bonds is 1. The summed E-state index contributed by atoms with van der Waals surface area (Å²) in [7, 11) is 1.79. The highest BCUT2D eigenvalue weighted by Crippen LogP contribution is 2.33. The Morgan fingerprint density at radius 1 is 1.67 bits per heavy atom. The summed E-state index contributed by atoms with van der Waals surface area (Å²) in [4.78, 5) is 13.2. The molecule has 1 heterocycles. The molecule has 0 aromatic carbocycles. The van der Waals surface area contributed by atoms with Crippen molar-refractivity contribution >= 4 is 5.91 Å². The zero-order valence-electron chi connectivity index (χ0n) is 7.79. The summed E-state index contributed by atoms with van der Waals surface area (Å²) in [6.45, 7) is 4.44. The molecule has 0 spiro atoms. The van der Waals surface area contributed by atoms with Crippen LogP contribution in [-0.2, 0) is 4.79 Å². The molecule has 1 aliphatic rings. The maximum absolute atomic E-state index is 11.5. The molecule has 0 aromatic heterocycles. The van der Waals surface area contributed by atoms with Gasteiger partial charge in [-0.2, -0.15) is 5.26 Å². The molecule has 1 saturated heterocycles. The quantitative estimate of drug-likeness (QED) is 0.583. The molecule has 0 aromatic rings. The van der Waals surface area contributed by atoms with Crippen molar-refractivity contribution in [2.24, 2.45) is 11.3 Å². The van der Waals surface area contributed by atoms with Crippen LogP contribution in [0, 0.1) is 22.7 Å². The Labute approximate surface area is 73.0 Å². The lowest BCUT2D eigenvalue weighted by Crippen LogP contribution is -2.31. The van der Waals surface area contributed by atoms with Gasteiger partial charge in [-0.25, -0.2) is 0 Å². The average molecular weight is 166 g/mol.